The third-order valence-corrected chi connectivity index (χ3v) is 5.61. The third-order valence-electron chi connectivity index (χ3n) is 5.36. The minimum absolute atomic E-state index is 0.168. The number of rotatable bonds is 3. The Kier molecular flexibility index (Phi) is 4.73. The first-order valence-corrected chi connectivity index (χ1v) is 9.62. The maximum Gasteiger partial charge on any atom is 0.274 e. The molecular formula is C22H22ClN3O2. The van der Waals surface area contributed by atoms with Crippen LogP contribution in [0.5, 0.6) is 0 Å². The molecule has 1 fully saturated rings. The van der Waals surface area contributed by atoms with Gasteiger partial charge in [-0.15, -0.1) is 0 Å². The standard InChI is InChI=1S/C22H22ClN3O2/c1-15-3-7-17(8-4-15)22(28)11-12-26(14-22)21(27)19-13-20(25(2)24-19)16-5-9-18(23)10-6-16/h3-10,13,28H,11-12,14H2,1-2H3/t22-/m0/s1. The predicted octanol–water partition coefficient (Wildman–Crippen LogP) is 3.78. The van der Waals surface area contributed by atoms with E-state index < -0.39 is 5.60 Å². The molecule has 1 amide bonds. The molecule has 2 aromatic carbocycles. The van der Waals surface area contributed by atoms with E-state index in [2.05, 4.69) is 5.10 Å². The van der Waals surface area contributed by atoms with E-state index in [0.29, 0.717) is 23.7 Å². The summed E-state index contributed by atoms with van der Waals surface area (Å²) in [5, 5.41) is 16.1. The van der Waals surface area contributed by atoms with Crippen molar-refractivity contribution < 1.29 is 9.90 Å². The number of amides is 1. The Morgan fingerprint density at radius 1 is 1.14 bits per heavy atom. The Hall–Kier alpha value is -2.63. The molecule has 0 saturated carbocycles. The number of benzene rings is 2. The number of aromatic nitrogens is 2. The van der Waals surface area contributed by atoms with Gasteiger partial charge in [0.2, 0.25) is 0 Å². The molecule has 144 valence electrons. The van der Waals surface area contributed by atoms with E-state index in [1.165, 1.54) is 0 Å². The number of halogens is 1. The average Bonchev–Trinajstić information content (AvgIpc) is 3.26. The van der Waals surface area contributed by atoms with Gasteiger partial charge in [0.05, 0.1) is 12.2 Å². The first-order chi connectivity index (χ1) is 13.4. The van der Waals surface area contributed by atoms with Crippen molar-refractivity contribution in [3.8, 4) is 11.3 Å². The van der Waals surface area contributed by atoms with Crippen LogP contribution in [0.2, 0.25) is 5.02 Å². The number of β-amino-alcohol motifs (C(OH)–C–C–N with tert-alkyl or cyclic N) is 1. The van der Waals surface area contributed by atoms with Gasteiger partial charge in [-0.2, -0.15) is 5.10 Å². The number of hydrogen-bond donors (Lipinski definition) is 1. The zero-order valence-electron chi connectivity index (χ0n) is 15.9. The number of carbonyl (C=O) groups excluding carboxylic acids is 1. The molecule has 4 rings (SSSR count). The second-order valence-corrected chi connectivity index (χ2v) is 7.86. The largest absolute Gasteiger partial charge is 0.383 e. The highest BCUT2D eigenvalue weighted by atomic mass is 35.5. The third kappa shape index (κ3) is 3.43. The SMILES string of the molecule is Cc1ccc([C@]2(O)CCN(C(=O)c3cc(-c4ccc(Cl)cc4)n(C)n3)C2)cc1. The molecule has 5 nitrogen and oxygen atoms in total. The Morgan fingerprint density at radius 3 is 2.50 bits per heavy atom. The van der Waals surface area contributed by atoms with Crippen LogP contribution in [0.1, 0.15) is 28.0 Å². The zero-order chi connectivity index (χ0) is 19.9. The molecule has 3 aromatic rings. The topological polar surface area (TPSA) is 58.4 Å². The van der Waals surface area contributed by atoms with Crippen LogP contribution in [0.15, 0.2) is 54.6 Å². The lowest BCUT2D eigenvalue weighted by Gasteiger charge is -2.23. The normalized spacial score (nSPS) is 19.2. The van der Waals surface area contributed by atoms with Gasteiger partial charge in [0.25, 0.3) is 5.91 Å². The predicted molar refractivity (Wildman–Crippen MR) is 109 cm³/mol. The fourth-order valence-electron chi connectivity index (χ4n) is 3.69. The molecule has 0 aliphatic carbocycles. The van der Waals surface area contributed by atoms with Gasteiger partial charge in [-0.1, -0.05) is 53.6 Å². The van der Waals surface area contributed by atoms with E-state index in [1.54, 1.807) is 15.6 Å². The van der Waals surface area contributed by atoms with Crippen LogP contribution >= 0.6 is 11.6 Å². The summed E-state index contributed by atoms with van der Waals surface area (Å²) in [5.74, 6) is -0.168. The lowest BCUT2D eigenvalue weighted by Crippen LogP contribution is -2.34. The van der Waals surface area contributed by atoms with Crippen molar-refractivity contribution in [2.75, 3.05) is 13.1 Å². The summed E-state index contributed by atoms with van der Waals surface area (Å²) < 4.78 is 1.69. The Morgan fingerprint density at radius 2 is 1.82 bits per heavy atom. The van der Waals surface area contributed by atoms with Gasteiger partial charge >= 0.3 is 0 Å². The minimum Gasteiger partial charge on any atom is -0.383 e. The van der Waals surface area contributed by atoms with Gasteiger partial charge in [0, 0.05) is 18.6 Å². The van der Waals surface area contributed by atoms with Crippen molar-refractivity contribution in [3.05, 3.63) is 76.4 Å². The molecule has 1 atom stereocenters. The second-order valence-electron chi connectivity index (χ2n) is 7.42. The summed E-state index contributed by atoms with van der Waals surface area (Å²) >= 11 is 5.96. The maximum absolute atomic E-state index is 13.0. The van der Waals surface area contributed by atoms with Crippen molar-refractivity contribution in [3.63, 3.8) is 0 Å². The van der Waals surface area contributed by atoms with Crippen molar-refractivity contribution in [2.45, 2.75) is 18.9 Å². The highest BCUT2D eigenvalue weighted by Gasteiger charge is 2.40. The number of likely N-dealkylation sites (tertiary alicyclic amines) is 1. The average molecular weight is 396 g/mol. The van der Waals surface area contributed by atoms with Crippen molar-refractivity contribution in [1.82, 2.24) is 14.7 Å². The molecule has 1 aliphatic rings. The van der Waals surface area contributed by atoms with E-state index in [9.17, 15) is 9.90 Å². The van der Waals surface area contributed by atoms with Gasteiger partial charge in [-0.05, 0) is 42.7 Å². The number of carbonyl (C=O) groups is 1. The molecule has 0 unspecified atom stereocenters. The summed E-state index contributed by atoms with van der Waals surface area (Å²) in [5.41, 5.74) is 3.12. The molecule has 0 radical (unpaired) electrons. The number of aliphatic hydroxyl groups is 1. The van der Waals surface area contributed by atoms with Crippen LogP contribution in [-0.2, 0) is 12.6 Å². The zero-order valence-corrected chi connectivity index (χ0v) is 16.6. The fraction of sp³-hybridized carbons (Fsp3) is 0.273. The van der Waals surface area contributed by atoms with Crippen LogP contribution in [0.25, 0.3) is 11.3 Å². The van der Waals surface area contributed by atoms with E-state index in [0.717, 1.165) is 22.4 Å². The molecule has 6 heteroatoms. The van der Waals surface area contributed by atoms with Gasteiger partial charge in [-0.3, -0.25) is 9.48 Å². The van der Waals surface area contributed by atoms with Gasteiger partial charge in [0.1, 0.15) is 5.60 Å². The lowest BCUT2D eigenvalue weighted by atomic mass is 9.92. The number of nitrogens with zero attached hydrogens (tertiary/aromatic N) is 3. The first kappa shape index (κ1) is 18.7. The fourth-order valence-corrected chi connectivity index (χ4v) is 3.82. The van der Waals surface area contributed by atoms with Gasteiger partial charge < -0.3 is 10.0 Å². The summed E-state index contributed by atoms with van der Waals surface area (Å²) in [6, 6.07) is 17.0. The quantitative estimate of drug-likeness (QED) is 0.734. The summed E-state index contributed by atoms with van der Waals surface area (Å²) in [7, 11) is 1.81. The summed E-state index contributed by atoms with van der Waals surface area (Å²) in [6.45, 7) is 2.77. The molecule has 0 spiro atoms. The molecule has 1 aliphatic heterocycles. The highest BCUT2D eigenvalue weighted by molar-refractivity contribution is 6.30. The van der Waals surface area contributed by atoms with Gasteiger partial charge in [-0.25, -0.2) is 0 Å². The van der Waals surface area contributed by atoms with Crippen LogP contribution in [0, 0.1) is 6.92 Å². The first-order valence-electron chi connectivity index (χ1n) is 9.24. The van der Waals surface area contributed by atoms with Crippen molar-refractivity contribution in [1.29, 1.82) is 0 Å². The van der Waals surface area contributed by atoms with E-state index in [4.69, 9.17) is 11.6 Å². The Balaban J connectivity index is 1.55. The van der Waals surface area contributed by atoms with Gasteiger partial charge in [0.15, 0.2) is 5.69 Å². The molecule has 1 N–H and O–H groups in total. The number of aryl methyl sites for hydroxylation is 2. The van der Waals surface area contributed by atoms with E-state index >= 15 is 0 Å². The van der Waals surface area contributed by atoms with E-state index in [1.807, 2.05) is 62.5 Å². The Labute approximate surface area is 169 Å². The molecule has 2 heterocycles. The maximum atomic E-state index is 13.0. The summed E-state index contributed by atoms with van der Waals surface area (Å²) in [6.07, 6.45) is 0.513. The molecule has 0 bridgehead atoms. The van der Waals surface area contributed by atoms with Crippen LogP contribution in [-0.4, -0.2) is 38.8 Å². The molecule has 1 saturated heterocycles. The Bertz CT molecular complexity index is 1010. The van der Waals surface area contributed by atoms with Crippen LogP contribution in [0.4, 0.5) is 0 Å². The minimum atomic E-state index is -1.02. The van der Waals surface area contributed by atoms with Crippen LogP contribution in [0.3, 0.4) is 0 Å². The summed E-state index contributed by atoms with van der Waals surface area (Å²) in [4.78, 5) is 14.7. The molecule has 28 heavy (non-hydrogen) atoms. The molecular weight excluding hydrogens is 374 g/mol. The number of hydrogen-bond acceptors (Lipinski definition) is 3. The smallest absolute Gasteiger partial charge is 0.274 e. The molecule has 1 aromatic heterocycles. The van der Waals surface area contributed by atoms with Crippen molar-refractivity contribution in [2.24, 2.45) is 7.05 Å². The lowest BCUT2D eigenvalue weighted by molar-refractivity contribution is 0.0415. The van der Waals surface area contributed by atoms with E-state index in [-0.39, 0.29) is 12.5 Å². The highest BCUT2D eigenvalue weighted by Crippen LogP contribution is 2.33. The van der Waals surface area contributed by atoms with Crippen molar-refractivity contribution >= 4 is 17.5 Å². The van der Waals surface area contributed by atoms with Crippen LogP contribution < -0.4 is 0 Å². The second kappa shape index (κ2) is 7.08. The monoisotopic (exact) mass is 395 g/mol.